The number of anilines is 1. The molecule has 0 unspecified atom stereocenters. The van der Waals surface area contributed by atoms with Crippen LogP contribution in [-0.2, 0) is 6.42 Å². The van der Waals surface area contributed by atoms with Crippen molar-refractivity contribution in [3.05, 3.63) is 23.8 Å². The van der Waals surface area contributed by atoms with Gasteiger partial charge in [-0.25, -0.2) is 0 Å². The summed E-state index contributed by atoms with van der Waals surface area (Å²) in [5.41, 5.74) is 7.68. The fraction of sp³-hybridized carbons (Fsp3) is 0.333. The van der Waals surface area contributed by atoms with E-state index in [0.29, 0.717) is 0 Å². The molecular weight excluding hydrogens is 218 g/mol. The zero-order valence-electron chi connectivity index (χ0n) is 6.59. The third-order valence-electron chi connectivity index (χ3n) is 2.00. The van der Waals surface area contributed by atoms with Crippen LogP contribution in [0.5, 0.6) is 5.75 Å². The molecule has 3 heteroatoms. The summed E-state index contributed by atoms with van der Waals surface area (Å²) in [5.74, 6) is 0.980. The number of ether oxygens (including phenoxy) is 1. The molecule has 2 nitrogen and oxygen atoms in total. The van der Waals surface area contributed by atoms with Crippen LogP contribution in [0.25, 0.3) is 0 Å². The quantitative estimate of drug-likeness (QED) is 0.589. The lowest BCUT2D eigenvalue weighted by atomic mass is 10.1. The standard InChI is InChI=1S/C9H10BrNO/c10-5-8-4-6-3-7(11)1-2-9(6)12-8/h1-3,8H,4-5,11H2/t8-/m0/s1. The van der Waals surface area contributed by atoms with Crippen LogP contribution in [-0.4, -0.2) is 11.4 Å². The highest BCUT2D eigenvalue weighted by Gasteiger charge is 2.21. The molecule has 1 aromatic carbocycles. The summed E-state index contributed by atoms with van der Waals surface area (Å²) in [7, 11) is 0. The van der Waals surface area contributed by atoms with Gasteiger partial charge in [0.2, 0.25) is 0 Å². The van der Waals surface area contributed by atoms with E-state index in [1.165, 1.54) is 5.56 Å². The van der Waals surface area contributed by atoms with E-state index in [2.05, 4.69) is 15.9 Å². The Labute approximate surface area is 79.8 Å². The molecule has 0 bridgehead atoms. The summed E-state index contributed by atoms with van der Waals surface area (Å²) in [6.07, 6.45) is 1.24. The van der Waals surface area contributed by atoms with E-state index >= 15 is 0 Å². The number of hydrogen-bond acceptors (Lipinski definition) is 2. The summed E-state index contributed by atoms with van der Waals surface area (Å²) in [6, 6.07) is 5.79. The number of benzene rings is 1. The Bertz CT molecular complexity index is 301. The summed E-state index contributed by atoms with van der Waals surface area (Å²) in [5, 5.41) is 0.877. The van der Waals surface area contributed by atoms with Crippen LogP contribution in [0.15, 0.2) is 18.2 Å². The van der Waals surface area contributed by atoms with Crippen molar-refractivity contribution in [3.63, 3.8) is 0 Å². The second-order valence-corrected chi connectivity index (χ2v) is 3.61. The second kappa shape index (κ2) is 2.98. The van der Waals surface area contributed by atoms with Crippen molar-refractivity contribution in [1.29, 1.82) is 0 Å². The normalized spacial score (nSPS) is 20.2. The molecule has 1 atom stereocenters. The number of alkyl halides is 1. The van der Waals surface area contributed by atoms with Crippen molar-refractivity contribution < 1.29 is 4.74 Å². The molecule has 0 aromatic heterocycles. The Balaban J connectivity index is 2.30. The molecular formula is C9H10BrNO. The summed E-state index contributed by atoms with van der Waals surface area (Å²) in [6.45, 7) is 0. The van der Waals surface area contributed by atoms with Gasteiger partial charge in [0.15, 0.2) is 0 Å². The number of rotatable bonds is 1. The zero-order chi connectivity index (χ0) is 8.55. The van der Waals surface area contributed by atoms with Crippen molar-refractivity contribution in [2.75, 3.05) is 11.1 Å². The highest BCUT2D eigenvalue weighted by atomic mass is 79.9. The number of nitrogens with two attached hydrogens (primary N) is 1. The topological polar surface area (TPSA) is 35.2 Å². The van der Waals surface area contributed by atoms with Gasteiger partial charge in [0.05, 0.1) is 0 Å². The Kier molecular flexibility index (Phi) is 1.97. The van der Waals surface area contributed by atoms with Gasteiger partial charge in [0.1, 0.15) is 11.9 Å². The zero-order valence-corrected chi connectivity index (χ0v) is 8.17. The van der Waals surface area contributed by atoms with E-state index in [9.17, 15) is 0 Å². The van der Waals surface area contributed by atoms with Crippen LogP contribution in [0.2, 0.25) is 0 Å². The number of hydrogen-bond donors (Lipinski definition) is 1. The van der Waals surface area contributed by atoms with Gasteiger partial charge in [-0.05, 0) is 23.8 Å². The smallest absolute Gasteiger partial charge is 0.123 e. The number of fused-ring (bicyclic) bond motifs is 1. The fourth-order valence-corrected chi connectivity index (χ4v) is 1.79. The average molecular weight is 228 g/mol. The van der Waals surface area contributed by atoms with Crippen molar-refractivity contribution >= 4 is 21.6 Å². The molecule has 0 radical (unpaired) electrons. The van der Waals surface area contributed by atoms with E-state index in [1.54, 1.807) is 0 Å². The van der Waals surface area contributed by atoms with E-state index in [1.807, 2.05) is 18.2 Å². The molecule has 1 aliphatic heterocycles. The van der Waals surface area contributed by atoms with E-state index in [4.69, 9.17) is 10.5 Å². The molecule has 0 amide bonds. The Hall–Kier alpha value is -0.700. The molecule has 64 valence electrons. The third-order valence-corrected chi connectivity index (χ3v) is 2.72. The van der Waals surface area contributed by atoms with Gasteiger partial charge in [0.25, 0.3) is 0 Å². The first-order valence-electron chi connectivity index (χ1n) is 3.90. The first-order valence-corrected chi connectivity index (χ1v) is 5.03. The molecule has 1 aromatic rings. The summed E-state index contributed by atoms with van der Waals surface area (Å²) < 4.78 is 5.61. The summed E-state index contributed by atoms with van der Waals surface area (Å²) in [4.78, 5) is 0. The monoisotopic (exact) mass is 227 g/mol. The molecule has 1 heterocycles. The Morgan fingerprint density at radius 2 is 2.42 bits per heavy atom. The van der Waals surface area contributed by atoms with Gasteiger partial charge >= 0.3 is 0 Å². The highest BCUT2D eigenvalue weighted by Crippen LogP contribution is 2.30. The van der Waals surface area contributed by atoms with Gasteiger partial charge in [-0.2, -0.15) is 0 Å². The van der Waals surface area contributed by atoms with Gasteiger partial charge in [-0.15, -0.1) is 0 Å². The largest absolute Gasteiger partial charge is 0.489 e. The van der Waals surface area contributed by atoms with Gasteiger partial charge in [0, 0.05) is 17.4 Å². The molecule has 12 heavy (non-hydrogen) atoms. The first kappa shape index (κ1) is 7.92. The van der Waals surface area contributed by atoms with Crippen molar-refractivity contribution in [2.45, 2.75) is 12.5 Å². The molecule has 1 aliphatic rings. The maximum Gasteiger partial charge on any atom is 0.123 e. The van der Waals surface area contributed by atoms with Gasteiger partial charge in [-0.1, -0.05) is 15.9 Å². The lowest BCUT2D eigenvalue weighted by Gasteiger charge is -2.04. The van der Waals surface area contributed by atoms with Crippen molar-refractivity contribution in [1.82, 2.24) is 0 Å². The predicted octanol–water partition coefficient (Wildman–Crippen LogP) is 1.97. The fourth-order valence-electron chi connectivity index (χ4n) is 1.43. The third kappa shape index (κ3) is 1.29. The Morgan fingerprint density at radius 3 is 3.17 bits per heavy atom. The van der Waals surface area contributed by atoms with Crippen LogP contribution in [0, 0.1) is 0 Å². The van der Waals surface area contributed by atoms with Crippen LogP contribution in [0.3, 0.4) is 0 Å². The van der Waals surface area contributed by atoms with Gasteiger partial charge in [-0.3, -0.25) is 0 Å². The first-order chi connectivity index (χ1) is 5.79. The minimum Gasteiger partial charge on any atom is -0.489 e. The van der Waals surface area contributed by atoms with Crippen molar-refractivity contribution in [2.24, 2.45) is 0 Å². The van der Waals surface area contributed by atoms with Crippen LogP contribution in [0.1, 0.15) is 5.56 Å². The van der Waals surface area contributed by atoms with E-state index in [-0.39, 0.29) is 6.10 Å². The lowest BCUT2D eigenvalue weighted by molar-refractivity contribution is 0.260. The molecule has 0 aliphatic carbocycles. The number of halogens is 1. The van der Waals surface area contributed by atoms with E-state index in [0.717, 1.165) is 23.2 Å². The number of nitrogen functional groups attached to an aromatic ring is 1. The molecule has 0 saturated heterocycles. The molecule has 2 N–H and O–H groups in total. The molecule has 0 fully saturated rings. The van der Waals surface area contributed by atoms with Crippen molar-refractivity contribution in [3.8, 4) is 5.75 Å². The second-order valence-electron chi connectivity index (χ2n) is 2.97. The SMILES string of the molecule is Nc1ccc2c(c1)C[C@@H](CBr)O2. The average Bonchev–Trinajstić information content (AvgIpc) is 2.46. The minimum atomic E-state index is 0.279. The van der Waals surface area contributed by atoms with E-state index < -0.39 is 0 Å². The van der Waals surface area contributed by atoms with Crippen LogP contribution >= 0.6 is 15.9 Å². The summed E-state index contributed by atoms with van der Waals surface area (Å²) >= 11 is 3.40. The Morgan fingerprint density at radius 1 is 1.58 bits per heavy atom. The highest BCUT2D eigenvalue weighted by molar-refractivity contribution is 9.09. The maximum atomic E-state index is 5.65. The molecule has 2 rings (SSSR count). The maximum absolute atomic E-state index is 5.65. The van der Waals surface area contributed by atoms with Crippen LogP contribution in [0.4, 0.5) is 5.69 Å². The van der Waals surface area contributed by atoms with Crippen LogP contribution < -0.4 is 10.5 Å². The van der Waals surface area contributed by atoms with Gasteiger partial charge < -0.3 is 10.5 Å². The molecule has 0 spiro atoms. The molecule has 0 saturated carbocycles. The minimum absolute atomic E-state index is 0.279. The lowest BCUT2D eigenvalue weighted by Crippen LogP contribution is -2.13. The predicted molar refractivity (Wildman–Crippen MR) is 52.8 cm³/mol.